The normalized spacial score (nSPS) is 14.2. The van der Waals surface area contributed by atoms with Gasteiger partial charge in [0.15, 0.2) is 12.2 Å². The Morgan fingerprint density at radius 2 is 0.562 bits per heavy atom. The van der Waals surface area contributed by atoms with Crippen LogP contribution >= 0.6 is 15.6 Å². The first-order valence-electron chi connectivity index (χ1n) is 43.8. The molecule has 0 saturated heterocycles. The molecular formula is C86H164O17P2. The number of carbonyl (C=O) groups excluding carboxylic acids is 4. The lowest BCUT2D eigenvalue weighted by atomic mass is 9.99. The maximum atomic E-state index is 13.1. The topological polar surface area (TPSA) is 237 Å². The third kappa shape index (κ3) is 78.0. The van der Waals surface area contributed by atoms with Gasteiger partial charge in [-0.3, -0.25) is 37.3 Å². The van der Waals surface area contributed by atoms with Crippen LogP contribution in [-0.2, 0) is 65.4 Å². The highest BCUT2D eigenvalue weighted by molar-refractivity contribution is 7.47. The molecule has 19 heteroatoms. The molecule has 0 aliphatic carbocycles. The molecule has 0 aromatic heterocycles. The maximum Gasteiger partial charge on any atom is 0.472 e. The maximum absolute atomic E-state index is 13.1. The summed E-state index contributed by atoms with van der Waals surface area (Å²) < 4.78 is 68.8. The van der Waals surface area contributed by atoms with E-state index in [2.05, 4.69) is 65.8 Å². The Morgan fingerprint density at radius 3 is 0.857 bits per heavy atom. The zero-order valence-electron chi connectivity index (χ0n) is 68.5. The number of esters is 4. The second kappa shape index (κ2) is 76.9. The summed E-state index contributed by atoms with van der Waals surface area (Å²) in [5, 5.41) is 10.7. The van der Waals surface area contributed by atoms with Crippen LogP contribution in [-0.4, -0.2) is 96.7 Å². The number of allylic oxidation sites excluding steroid dienone is 4. The molecule has 0 saturated carbocycles. The van der Waals surface area contributed by atoms with Crippen LogP contribution in [0.25, 0.3) is 0 Å². The Balaban J connectivity index is 5.25. The minimum atomic E-state index is -4.97. The van der Waals surface area contributed by atoms with Crippen molar-refractivity contribution in [2.24, 2.45) is 11.8 Å². The number of unbranched alkanes of at least 4 members (excludes halogenated alkanes) is 49. The van der Waals surface area contributed by atoms with Gasteiger partial charge in [0.2, 0.25) is 0 Å². The van der Waals surface area contributed by atoms with Crippen LogP contribution < -0.4 is 0 Å². The van der Waals surface area contributed by atoms with E-state index in [9.17, 15) is 43.2 Å². The third-order valence-corrected chi connectivity index (χ3v) is 21.8. The van der Waals surface area contributed by atoms with Crippen LogP contribution in [0.2, 0.25) is 0 Å². The lowest BCUT2D eigenvalue weighted by molar-refractivity contribution is -0.161. The SMILES string of the molecule is CCCCCC/C=C\C=C/CCCCCCCC(=O)O[C@H](COC(=O)CCCCCCCCCC(C)C)COP(=O)(O)OC[C@H](O)COP(=O)(O)OC[C@@H](COC(=O)CCCCCCCCCCCCCCCCCCCC)OC(=O)CCCCCCCCCCCCCCCCCCCCC(C)CC. The number of aliphatic hydroxyl groups excluding tert-OH is 1. The van der Waals surface area contributed by atoms with Gasteiger partial charge >= 0.3 is 39.5 Å². The Kier molecular flexibility index (Phi) is 75.1. The quantitative estimate of drug-likeness (QED) is 0.0169. The zero-order chi connectivity index (χ0) is 77.1. The molecule has 0 amide bonds. The number of ether oxygens (including phenoxy) is 4. The number of phosphoric ester groups is 2. The van der Waals surface area contributed by atoms with Gasteiger partial charge in [0.05, 0.1) is 26.4 Å². The Hall–Kier alpha value is -2.46. The highest BCUT2D eigenvalue weighted by Crippen LogP contribution is 2.45. The summed E-state index contributed by atoms with van der Waals surface area (Å²) >= 11 is 0. The molecule has 6 atom stereocenters. The molecule has 0 aromatic rings. The summed E-state index contributed by atoms with van der Waals surface area (Å²) in [6, 6.07) is 0. The molecule has 3 N–H and O–H groups in total. The van der Waals surface area contributed by atoms with Crippen molar-refractivity contribution >= 4 is 39.5 Å². The lowest BCUT2D eigenvalue weighted by Crippen LogP contribution is -2.30. The van der Waals surface area contributed by atoms with E-state index in [1.54, 1.807) is 0 Å². The predicted molar refractivity (Wildman–Crippen MR) is 432 cm³/mol. The summed E-state index contributed by atoms with van der Waals surface area (Å²) in [6.07, 6.45) is 71.7. The number of hydrogen-bond acceptors (Lipinski definition) is 15. The fraction of sp³-hybridized carbons (Fsp3) is 0.907. The van der Waals surface area contributed by atoms with E-state index in [1.807, 2.05) is 0 Å². The van der Waals surface area contributed by atoms with Crippen molar-refractivity contribution in [1.29, 1.82) is 0 Å². The van der Waals surface area contributed by atoms with E-state index in [0.29, 0.717) is 31.6 Å². The molecule has 620 valence electrons. The molecule has 0 fully saturated rings. The van der Waals surface area contributed by atoms with Crippen molar-refractivity contribution in [2.45, 2.75) is 452 Å². The summed E-state index contributed by atoms with van der Waals surface area (Å²) in [5.74, 6) is -0.563. The average Bonchev–Trinajstić information content (AvgIpc) is 0.939. The van der Waals surface area contributed by atoms with E-state index >= 15 is 0 Å². The van der Waals surface area contributed by atoms with E-state index in [-0.39, 0.29) is 25.7 Å². The molecular weight excluding hydrogens is 1370 g/mol. The molecule has 0 aliphatic rings. The third-order valence-electron chi connectivity index (χ3n) is 19.9. The van der Waals surface area contributed by atoms with Gasteiger partial charge in [-0.2, -0.15) is 0 Å². The van der Waals surface area contributed by atoms with Gasteiger partial charge in [-0.1, -0.05) is 380 Å². The first-order valence-corrected chi connectivity index (χ1v) is 46.8. The number of hydrogen-bond donors (Lipinski definition) is 3. The van der Waals surface area contributed by atoms with Crippen molar-refractivity contribution < 1.29 is 80.2 Å². The van der Waals surface area contributed by atoms with Gasteiger partial charge in [-0.25, -0.2) is 9.13 Å². The van der Waals surface area contributed by atoms with Crippen LogP contribution in [0.15, 0.2) is 24.3 Å². The van der Waals surface area contributed by atoms with Gasteiger partial charge in [0.25, 0.3) is 0 Å². The molecule has 0 aliphatic heterocycles. The fourth-order valence-electron chi connectivity index (χ4n) is 12.8. The Morgan fingerprint density at radius 1 is 0.314 bits per heavy atom. The summed E-state index contributed by atoms with van der Waals surface area (Å²) in [4.78, 5) is 73.1. The average molecular weight is 1530 g/mol. The molecule has 105 heavy (non-hydrogen) atoms. The van der Waals surface area contributed by atoms with Gasteiger partial charge in [0, 0.05) is 25.7 Å². The number of aliphatic hydroxyl groups is 1. The summed E-state index contributed by atoms with van der Waals surface area (Å²) in [7, 11) is -9.94. The monoisotopic (exact) mass is 1530 g/mol. The largest absolute Gasteiger partial charge is 0.472 e. The van der Waals surface area contributed by atoms with E-state index in [4.69, 9.17) is 37.0 Å². The van der Waals surface area contributed by atoms with E-state index < -0.39 is 97.5 Å². The van der Waals surface area contributed by atoms with E-state index in [0.717, 1.165) is 115 Å². The minimum absolute atomic E-state index is 0.0845. The Labute approximate surface area is 643 Å². The summed E-state index contributed by atoms with van der Waals surface area (Å²) in [5.41, 5.74) is 0. The summed E-state index contributed by atoms with van der Waals surface area (Å²) in [6.45, 7) is 9.61. The molecule has 0 bridgehead atoms. The van der Waals surface area contributed by atoms with Gasteiger partial charge in [-0.15, -0.1) is 0 Å². The van der Waals surface area contributed by atoms with Crippen molar-refractivity contribution in [3.63, 3.8) is 0 Å². The standard InChI is InChI=1S/C86H164O17P2/c1-7-10-12-14-16-18-20-22-24-25-29-33-36-40-44-50-56-62-68-83(88)96-74-81(102-85(90)71-65-59-52-46-42-38-34-30-27-26-28-32-35-39-43-49-55-61-67-79(6)9-3)76-100-104(92,93)98-72-80(87)73-99-105(94,95)101-77-82(75-97-84(89)69-63-57-53-47-48-54-60-66-78(4)5)103-86(91)70-64-58-51-45-41-37-31-23-21-19-17-15-13-11-8-2/h19,21,23,31,78-82,87H,7-18,20,22,24-30,32-77H2,1-6H3,(H,92,93)(H,94,95)/b21-19-,31-23-/t79?,80-,81-,82-/m1/s1. The van der Waals surface area contributed by atoms with Crippen molar-refractivity contribution in [3.05, 3.63) is 24.3 Å². The lowest BCUT2D eigenvalue weighted by Gasteiger charge is -2.21. The number of carbonyl (C=O) groups is 4. The highest BCUT2D eigenvalue weighted by atomic mass is 31.2. The fourth-order valence-corrected chi connectivity index (χ4v) is 14.4. The number of phosphoric acid groups is 2. The van der Waals surface area contributed by atoms with Crippen LogP contribution in [0.1, 0.15) is 433 Å². The molecule has 0 radical (unpaired) electrons. The second-order valence-electron chi connectivity index (χ2n) is 31.0. The molecule has 3 unspecified atom stereocenters. The first-order chi connectivity index (χ1) is 50.9. The van der Waals surface area contributed by atoms with Crippen LogP contribution in [0.4, 0.5) is 0 Å². The molecule has 0 spiro atoms. The van der Waals surface area contributed by atoms with Crippen LogP contribution in [0.5, 0.6) is 0 Å². The van der Waals surface area contributed by atoms with Crippen molar-refractivity contribution in [2.75, 3.05) is 39.6 Å². The highest BCUT2D eigenvalue weighted by Gasteiger charge is 2.30. The minimum Gasteiger partial charge on any atom is -0.462 e. The second-order valence-corrected chi connectivity index (χ2v) is 33.9. The predicted octanol–water partition coefficient (Wildman–Crippen LogP) is 25.8. The molecule has 17 nitrogen and oxygen atoms in total. The molecule has 0 rings (SSSR count). The van der Waals surface area contributed by atoms with Crippen LogP contribution in [0, 0.1) is 11.8 Å². The van der Waals surface area contributed by atoms with Gasteiger partial charge in [0.1, 0.15) is 19.3 Å². The van der Waals surface area contributed by atoms with E-state index in [1.165, 1.54) is 231 Å². The Bertz CT molecular complexity index is 2110. The number of rotatable bonds is 83. The first kappa shape index (κ1) is 103. The van der Waals surface area contributed by atoms with Gasteiger partial charge in [-0.05, 0) is 63.2 Å². The van der Waals surface area contributed by atoms with Crippen molar-refractivity contribution in [1.82, 2.24) is 0 Å². The van der Waals surface area contributed by atoms with Crippen molar-refractivity contribution in [3.8, 4) is 0 Å². The van der Waals surface area contributed by atoms with Gasteiger partial charge < -0.3 is 33.8 Å². The van der Waals surface area contributed by atoms with Crippen LogP contribution in [0.3, 0.4) is 0 Å². The molecule has 0 heterocycles. The zero-order valence-corrected chi connectivity index (χ0v) is 70.3. The molecule has 0 aromatic carbocycles. The smallest absolute Gasteiger partial charge is 0.462 e.